The molecule has 0 spiro atoms. The highest BCUT2D eigenvalue weighted by atomic mass is 32.2. The minimum Gasteiger partial charge on any atom is -0.507 e. The van der Waals surface area contributed by atoms with Crippen molar-refractivity contribution in [3.05, 3.63) is 65.2 Å². The first-order chi connectivity index (χ1) is 18.1. The van der Waals surface area contributed by atoms with Gasteiger partial charge in [-0.25, -0.2) is 12.7 Å². The predicted molar refractivity (Wildman–Crippen MR) is 146 cm³/mol. The lowest BCUT2D eigenvalue weighted by atomic mass is 9.95. The number of ketones is 1. The van der Waals surface area contributed by atoms with Gasteiger partial charge in [0.1, 0.15) is 5.76 Å². The van der Waals surface area contributed by atoms with Gasteiger partial charge < -0.3 is 14.7 Å². The number of aliphatic hydroxyl groups is 1. The van der Waals surface area contributed by atoms with Crippen LogP contribution in [0.5, 0.6) is 0 Å². The van der Waals surface area contributed by atoms with Crippen LogP contribution >= 0.6 is 11.8 Å². The molecule has 2 aromatic rings. The van der Waals surface area contributed by atoms with E-state index >= 15 is 0 Å². The number of Topliss-reactive ketones (excluding diaryl/α,β-unsaturated/α-hetero) is 1. The normalized spacial score (nSPS) is 20.4. The number of rotatable bonds is 9. The maximum absolute atomic E-state index is 13.3. The van der Waals surface area contributed by atoms with E-state index in [4.69, 9.17) is 4.74 Å². The first-order valence-electron chi connectivity index (χ1n) is 12.4. The molecule has 2 saturated heterocycles. The third-order valence-electron chi connectivity index (χ3n) is 6.85. The van der Waals surface area contributed by atoms with Crippen molar-refractivity contribution < 1.29 is 27.9 Å². The molecule has 0 saturated carbocycles. The summed E-state index contributed by atoms with van der Waals surface area (Å²) in [5, 5.41) is 11.3. The summed E-state index contributed by atoms with van der Waals surface area (Å²) < 4.78 is 31.4. The van der Waals surface area contributed by atoms with Gasteiger partial charge in [0.25, 0.3) is 11.7 Å². The lowest BCUT2D eigenvalue weighted by molar-refractivity contribution is -0.140. The number of benzene rings is 2. The molecule has 0 aromatic heterocycles. The molecule has 1 amide bonds. The van der Waals surface area contributed by atoms with Crippen LogP contribution in [-0.2, 0) is 24.3 Å². The molecule has 2 aromatic carbocycles. The van der Waals surface area contributed by atoms with Crippen LogP contribution in [0.15, 0.2) is 63.9 Å². The second kappa shape index (κ2) is 12.0. The molecule has 1 N–H and O–H groups in total. The zero-order valence-corrected chi connectivity index (χ0v) is 23.4. The highest BCUT2D eigenvalue weighted by Crippen LogP contribution is 2.40. The summed E-state index contributed by atoms with van der Waals surface area (Å²) in [5.74, 6) is -1.73. The zero-order valence-electron chi connectivity index (χ0n) is 21.8. The van der Waals surface area contributed by atoms with Gasteiger partial charge in [0, 0.05) is 50.7 Å². The van der Waals surface area contributed by atoms with Gasteiger partial charge in [-0.2, -0.15) is 0 Å². The third kappa shape index (κ3) is 5.81. The molecule has 0 aliphatic carbocycles. The summed E-state index contributed by atoms with van der Waals surface area (Å²) in [6, 6.07) is 12.5. The van der Waals surface area contributed by atoms with Crippen LogP contribution in [0.2, 0.25) is 0 Å². The molecule has 11 heteroatoms. The summed E-state index contributed by atoms with van der Waals surface area (Å²) in [7, 11) is -0.781. The highest BCUT2D eigenvalue weighted by Gasteiger charge is 2.45. The maximum atomic E-state index is 13.3. The number of carbonyl (C=O) groups is 2. The Kier molecular flexibility index (Phi) is 8.94. The molecular formula is C27H33N3O6S2. The SMILES string of the molecule is CSc1ccc(C2/C(=C(\O)c3ccc(S(=O)(=O)N(C)C)cc3)C(=O)C(=O)N2CCCN2CCOCC2)cc1. The Morgan fingerprint density at radius 2 is 1.66 bits per heavy atom. The van der Waals surface area contributed by atoms with Gasteiger partial charge in [0.2, 0.25) is 10.0 Å². The zero-order chi connectivity index (χ0) is 27.4. The van der Waals surface area contributed by atoms with Crippen molar-refractivity contribution in [2.45, 2.75) is 22.3 Å². The van der Waals surface area contributed by atoms with E-state index in [9.17, 15) is 23.1 Å². The maximum Gasteiger partial charge on any atom is 0.295 e. The number of morpholine rings is 1. The second-order valence-electron chi connectivity index (χ2n) is 9.39. The van der Waals surface area contributed by atoms with E-state index in [-0.39, 0.29) is 21.8 Å². The third-order valence-corrected chi connectivity index (χ3v) is 9.43. The van der Waals surface area contributed by atoms with Gasteiger partial charge in [-0.05, 0) is 54.6 Å². The van der Waals surface area contributed by atoms with E-state index in [2.05, 4.69) is 4.90 Å². The Morgan fingerprint density at radius 3 is 2.24 bits per heavy atom. The van der Waals surface area contributed by atoms with Crippen molar-refractivity contribution in [3.63, 3.8) is 0 Å². The summed E-state index contributed by atoms with van der Waals surface area (Å²) >= 11 is 1.58. The number of ether oxygens (including phenoxy) is 1. The Bertz CT molecular complexity index is 1300. The number of likely N-dealkylation sites (tertiary alicyclic amines) is 1. The molecular weight excluding hydrogens is 526 g/mol. The largest absolute Gasteiger partial charge is 0.507 e. The fraction of sp³-hybridized carbons (Fsp3) is 0.407. The van der Waals surface area contributed by atoms with Gasteiger partial charge in [0.15, 0.2) is 0 Å². The number of aliphatic hydroxyl groups excluding tert-OH is 1. The van der Waals surface area contributed by atoms with E-state index in [1.165, 1.54) is 43.3 Å². The second-order valence-corrected chi connectivity index (χ2v) is 12.4. The number of nitrogens with zero attached hydrogens (tertiary/aromatic N) is 3. The molecule has 1 unspecified atom stereocenters. The Morgan fingerprint density at radius 1 is 1.03 bits per heavy atom. The molecule has 204 valence electrons. The first-order valence-corrected chi connectivity index (χ1v) is 15.1. The molecule has 2 fully saturated rings. The highest BCUT2D eigenvalue weighted by molar-refractivity contribution is 7.98. The van der Waals surface area contributed by atoms with E-state index in [0.29, 0.717) is 26.2 Å². The quantitative estimate of drug-likeness (QED) is 0.216. The van der Waals surface area contributed by atoms with Crippen molar-refractivity contribution in [1.29, 1.82) is 0 Å². The van der Waals surface area contributed by atoms with Crippen LogP contribution < -0.4 is 0 Å². The van der Waals surface area contributed by atoms with Crippen molar-refractivity contribution in [3.8, 4) is 0 Å². The van der Waals surface area contributed by atoms with E-state index in [0.717, 1.165) is 34.4 Å². The van der Waals surface area contributed by atoms with Crippen molar-refractivity contribution in [2.24, 2.45) is 0 Å². The molecule has 9 nitrogen and oxygen atoms in total. The van der Waals surface area contributed by atoms with Crippen LogP contribution in [0.3, 0.4) is 0 Å². The fourth-order valence-corrected chi connectivity index (χ4v) is 5.99. The molecule has 2 aliphatic heterocycles. The van der Waals surface area contributed by atoms with E-state index in [1.54, 1.807) is 11.8 Å². The minimum absolute atomic E-state index is 0.00138. The molecule has 38 heavy (non-hydrogen) atoms. The van der Waals surface area contributed by atoms with E-state index < -0.39 is 27.8 Å². The summed E-state index contributed by atoms with van der Waals surface area (Å²) in [6.45, 7) is 4.15. The monoisotopic (exact) mass is 559 g/mol. The van der Waals surface area contributed by atoms with Gasteiger partial charge in [-0.15, -0.1) is 11.8 Å². The number of thioether (sulfide) groups is 1. The van der Waals surface area contributed by atoms with Crippen LogP contribution in [0.4, 0.5) is 0 Å². The first kappa shape index (κ1) is 28.3. The smallest absolute Gasteiger partial charge is 0.295 e. The number of amides is 1. The number of sulfonamides is 1. The van der Waals surface area contributed by atoms with Gasteiger partial charge in [-0.3, -0.25) is 14.5 Å². The fourth-order valence-electron chi connectivity index (χ4n) is 4.68. The average molecular weight is 560 g/mol. The van der Waals surface area contributed by atoms with Gasteiger partial charge in [0.05, 0.1) is 29.7 Å². The van der Waals surface area contributed by atoms with Crippen LogP contribution in [-0.4, -0.2) is 99.1 Å². The Labute approximate surface area is 228 Å². The van der Waals surface area contributed by atoms with Crippen molar-refractivity contribution in [2.75, 3.05) is 59.7 Å². The lowest BCUT2D eigenvalue weighted by Gasteiger charge is -2.29. The molecule has 0 radical (unpaired) electrons. The Hall–Kier alpha value is -2.70. The molecule has 1 atom stereocenters. The number of hydrogen-bond acceptors (Lipinski definition) is 8. The molecule has 2 heterocycles. The summed E-state index contributed by atoms with van der Waals surface area (Å²) in [4.78, 5) is 31.4. The molecule has 0 bridgehead atoms. The van der Waals surface area contributed by atoms with Crippen LogP contribution in [0, 0.1) is 0 Å². The van der Waals surface area contributed by atoms with Crippen LogP contribution in [0.25, 0.3) is 5.76 Å². The Balaban J connectivity index is 1.68. The van der Waals surface area contributed by atoms with Crippen molar-refractivity contribution in [1.82, 2.24) is 14.1 Å². The van der Waals surface area contributed by atoms with Gasteiger partial charge in [-0.1, -0.05) is 12.1 Å². The minimum atomic E-state index is -3.65. The van der Waals surface area contributed by atoms with Crippen molar-refractivity contribution >= 4 is 39.2 Å². The van der Waals surface area contributed by atoms with E-state index in [1.807, 2.05) is 30.5 Å². The number of hydrogen-bond donors (Lipinski definition) is 1. The summed E-state index contributed by atoms with van der Waals surface area (Å²) in [5.41, 5.74) is 0.989. The topological polar surface area (TPSA) is 107 Å². The summed E-state index contributed by atoms with van der Waals surface area (Å²) in [6.07, 6.45) is 2.64. The lowest BCUT2D eigenvalue weighted by Crippen LogP contribution is -2.38. The average Bonchev–Trinajstić information content (AvgIpc) is 3.18. The number of carbonyl (C=O) groups excluding carboxylic acids is 2. The van der Waals surface area contributed by atoms with Gasteiger partial charge >= 0.3 is 0 Å². The molecule has 2 aliphatic rings. The van der Waals surface area contributed by atoms with Crippen LogP contribution in [0.1, 0.15) is 23.6 Å². The molecule has 4 rings (SSSR count). The standard InChI is InChI=1S/C27H33N3O6S2/c1-28(2)38(34,35)22-11-7-20(8-12-22)25(31)23-24(19-5-9-21(37-3)10-6-19)30(27(33)26(23)32)14-4-13-29-15-17-36-18-16-29/h5-12,24,31H,4,13-18H2,1-3H3/b25-23+. The predicted octanol–water partition coefficient (Wildman–Crippen LogP) is 2.80.